The first-order valence-corrected chi connectivity index (χ1v) is 7.68. The highest BCUT2D eigenvalue weighted by molar-refractivity contribution is 9.10. The molecule has 2 N–H and O–H groups in total. The van der Waals surface area contributed by atoms with E-state index in [1.54, 1.807) is 23.1 Å². The van der Waals surface area contributed by atoms with E-state index in [1.165, 1.54) is 0 Å². The zero-order valence-corrected chi connectivity index (χ0v) is 14.2. The minimum atomic E-state index is 0.507. The number of halogens is 3. The quantitative estimate of drug-likeness (QED) is 0.772. The van der Waals surface area contributed by atoms with E-state index >= 15 is 0 Å². The number of nitrogens with zero attached hydrogens (tertiary/aromatic N) is 2. The van der Waals surface area contributed by atoms with Gasteiger partial charge in [0.2, 0.25) is 0 Å². The molecule has 0 bridgehead atoms. The summed E-state index contributed by atoms with van der Waals surface area (Å²) in [6.07, 6.45) is 3.35. The largest absolute Gasteiger partial charge is 0.361 e. The van der Waals surface area contributed by atoms with Gasteiger partial charge in [-0.05, 0) is 30.4 Å². The number of benzene rings is 1. The van der Waals surface area contributed by atoms with E-state index in [2.05, 4.69) is 31.7 Å². The van der Waals surface area contributed by atoms with Gasteiger partial charge in [-0.15, -0.1) is 0 Å². The van der Waals surface area contributed by atoms with Crippen LogP contribution in [0.5, 0.6) is 0 Å². The molecular formula is C12H11BrCl2N4S. The van der Waals surface area contributed by atoms with Gasteiger partial charge in [-0.3, -0.25) is 4.68 Å². The second kappa shape index (κ2) is 7.26. The Morgan fingerprint density at radius 3 is 2.85 bits per heavy atom. The molecule has 0 spiro atoms. The molecule has 0 unspecified atom stereocenters. The Balaban J connectivity index is 1.80. The van der Waals surface area contributed by atoms with Crippen molar-refractivity contribution in [1.82, 2.24) is 15.1 Å². The van der Waals surface area contributed by atoms with Gasteiger partial charge in [0.1, 0.15) is 0 Å². The Kier molecular flexibility index (Phi) is 5.65. The molecule has 0 saturated carbocycles. The molecule has 106 valence electrons. The van der Waals surface area contributed by atoms with Crippen molar-refractivity contribution >= 4 is 62.1 Å². The number of nitrogens with one attached hydrogen (secondary N) is 2. The number of anilines is 1. The molecule has 4 nitrogen and oxygen atoms in total. The Morgan fingerprint density at radius 2 is 2.20 bits per heavy atom. The zero-order valence-electron chi connectivity index (χ0n) is 10.2. The Morgan fingerprint density at radius 1 is 1.40 bits per heavy atom. The van der Waals surface area contributed by atoms with Crippen LogP contribution in [0.3, 0.4) is 0 Å². The van der Waals surface area contributed by atoms with Crippen molar-refractivity contribution in [3.05, 3.63) is 45.1 Å². The molecule has 0 aliphatic rings. The molecular weight excluding hydrogens is 383 g/mol. The van der Waals surface area contributed by atoms with E-state index in [4.69, 9.17) is 35.4 Å². The van der Waals surface area contributed by atoms with Crippen molar-refractivity contribution in [2.45, 2.75) is 6.54 Å². The molecule has 8 heteroatoms. The summed E-state index contributed by atoms with van der Waals surface area (Å²) in [6, 6.07) is 5.55. The van der Waals surface area contributed by atoms with Crippen LogP contribution in [0.2, 0.25) is 10.0 Å². The van der Waals surface area contributed by atoms with E-state index in [0.29, 0.717) is 28.2 Å². The van der Waals surface area contributed by atoms with Crippen molar-refractivity contribution in [3.8, 4) is 0 Å². The first-order chi connectivity index (χ1) is 9.54. The SMILES string of the molecule is S=C(NCCn1cc(Cl)cn1)Nc1ccc(Br)cc1Cl. The van der Waals surface area contributed by atoms with E-state index in [-0.39, 0.29) is 0 Å². The fourth-order valence-electron chi connectivity index (χ4n) is 1.50. The fraction of sp³-hybridized carbons (Fsp3) is 0.167. The maximum absolute atomic E-state index is 6.10. The van der Waals surface area contributed by atoms with Gasteiger partial charge >= 0.3 is 0 Å². The van der Waals surface area contributed by atoms with Crippen LogP contribution >= 0.6 is 51.3 Å². The lowest BCUT2D eigenvalue weighted by atomic mass is 10.3. The van der Waals surface area contributed by atoms with Gasteiger partial charge in [-0.1, -0.05) is 39.1 Å². The van der Waals surface area contributed by atoms with Crippen LogP contribution in [-0.4, -0.2) is 21.4 Å². The van der Waals surface area contributed by atoms with Crippen LogP contribution in [0.4, 0.5) is 5.69 Å². The summed E-state index contributed by atoms with van der Waals surface area (Å²) >= 11 is 20.4. The molecule has 1 heterocycles. The van der Waals surface area contributed by atoms with Gasteiger partial charge in [-0.2, -0.15) is 5.10 Å². The lowest BCUT2D eigenvalue weighted by Crippen LogP contribution is -2.31. The van der Waals surface area contributed by atoms with Crippen LogP contribution in [-0.2, 0) is 6.54 Å². The van der Waals surface area contributed by atoms with Crippen LogP contribution in [0.1, 0.15) is 0 Å². The van der Waals surface area contributed by atoms with Gasteiger partial charge in [0.15, 0.2) is 5.11 Å². The molecule has 0 fully saturated rings. The summed E-state index contributed by atoms with van der Waals surface area (Å²) in [6.45, 7) is 1.31. The molecule has 2 rings (SSSR count). The van der Waals surface area contributed by atoms with Crippen LogP contribution < -0.4 is 10.6 Å². The number of thiocarbonyl (C=S) groups is 1. The van der Waals surface area contributed by atoms with Gasteiger partial charge < -0.3 is 10.6 Å². The number of rotatable bonds is 4. The number of hydrogen-bond donors (Lipinski definition) is 2. The van der Waals surface area contributed by atoms with Crippen molar-refractivity contribution in [2.75, 3.05) is 11.9 Å². The van der Waals surface area contributed by atoms with E-state index in [9.17, 15) is 0 Å². The first kappa shape index (κ1) is 15.6. The van der Waals surface area contributed by atoms with Crippen molar-refractivity contribution in [3.63, 3.8) is 0 Å². The Labute approximate surface area is 140 Å². The minimum absolute atomic E-state index is 0.507. The van der Waals surface area contributed by atoms with E-state index in [0.717, 1.165) is 10.2 Å². The van der Waals surface area contributed by atoms with Gasteiger partial charge in [0.05, 0.1) is 28.5 Å². The molecule has 0 amide bonds. The first-order valence-electron chi connectivity index (χ1n) is 5.72. The highest BCUT2D eigenvalue weighted by Gasteiger charge is 2.03. The summed E-state index contributed by atoms with van der Waals surface area (Å²) in [4.78, 5) is 0. The van der Waals surface area contributed by atoms with Crippen molar-refractivity contribution in [1.29, 1.82) is 0 Å². The molecule has 0 aliphatic carbocycles. The van der Waals surface area contributed by atoms with E-state index < -0.39 is 0 Å². The zero-order chi connectivity index (χ0) is 14.5. The van der Waals surface area contributed by atoms with Gasteiger partial charge in [0.25, 0.3) is 0 Å². The molecule has 0 radical (unpaired) electrons. The van der Waals surface area contributed by atoms with Gasteiger partial charge in [-0.25, -0.2) is 0 Å². The second-order valence-electron chi connectivity index (χ2n) is 3.93. The highest BCUT2D eigenvalue weighted by atomic mass is 79.9. The van der Waals surface area contributed by atoms with Gasteiger partial charge in [0, 0.05) is 17.2 Å². The standard InChI is InChI=1S/C12H11BrCl2N4S/c13-8-1-2-11(10(15)5-8)18-12(20)16-3-4-19-7-9(14)6-17-19/h1-2,5-7H,3-4H2,(H2,16,18,20). The number of aromatic nitrogens is 2. The molecule has 0 atom stereocenters. The molecule has 1 aromatic heterocycles. The monoisotopic (exact) mass is 392 g/mol. The van der Waals surface area contributed by atoms with Crippen molar-refractivity contribution in [2.24, 2.45) is 0 Å². The Hall–Kier alpha value is -0.820. The van der Waals surface area contributed by atoms with Crippen LogP contribution in [0, 0.1) is 0 Å². The minimum Gasteiger partial charge on any atom is -0.361 e. The summed E-state index contributed by atoms with van der Waals surface area (Å²) in [7, 11) is 0. The maximum Gasteiger partial charge on any atom is 0.170 e. The molecule has 1 aromatic carbocycles. The van der Waals surface area contributed by atoms with Crippen molar-refractivity contribution < 1.29 is 0 Å². The summed E-state index contributed by atoms with van der Waals surface area (Å²) in [5.74, 6) is 0. The predicted octanol–water partition coefficient (Wildman–Crippen LogP) is 3.94. The highest BCUT2D eigenvalue weighted by Crippen LogP contribution is 2.25. The molecule has 0 saturated heterocycles. The summed E-state index contributed by atoms with van der Waals surface area (Å²) in [5.41, 5.74) is 0.759. The second-order valence-corrected chi connectivity index (χ2v) is 6.09. The Bertz CT molecular complexity index is 617. The summed E-state index contributed by atoms with van der Waals surface area (Å²) in [5, 5.41) is 11.9. The average Bonchev–Trinajstić information content (AvgIpc) is 2.79. The average molecular weight is 394 g/mol. The smallest absolute Gasteiger partial charge is 0.170 e. The van der Waals surface area contributed by atoms with Crippen LogP contribution in [0.25, 0.3) is 0 Å². The molecule has 0 aliphatic heterocycles. The lowest BCUT2D eigenvalue weighted by molar-refractivity contribution is 0.604. The third kappa shape index (κ3) is 4.63. The number of hydrogen-bond acceptors (Lipinski definition) is 2. The predicted molar refractivity (Wildman–Crippen MR) is 90.6 cm³/mol. The maximum atomic E-state index is 6.10. The topological polar surface area (TPSA) is 41.9 Å². The fourth-order valence-corrected chi connectivity index (χ4v) is 2.59. The third-order valence-corrected chi connectivity index (χ3v) is 3.66. The molecule has 2 aromatic rings. The van der Waals surface area contributed by atoms with Crippen LogP contribution in [0.15, 0.2) is 35.1 Å². The third-order valence-electron chi connectivity index (χ3n) is 2.41. The molecule has 20 heavy (non-hydrogen) atoms. The lowest BCUT2D eigenvalue weighted by Gasteiger charge is -2.11. The summed E-state index contributed by atoms with van der Waals surface area (Å²) < 4.78 is 2.66. The van der Waals surface area contributed by atoms with E-state index in [1.807, 2.05) is 12.1 Å². The normalized spacial score (nSPS) is 10.3.